The van der Waals surface area contributed by atoms with Gasteiger partial charge >= 0.3 is 0 Å². The first-order valence-electron chi connectivity index (χ1n) is 3.94. The van der Waals surface area contributed by atoms with Crippen LogP contribution in [0.5, 0.6) is 0 Å². The molecule has 74 valence electrons. The highest BCUT2D eigenvalue weighted by Crippen LogP contribution is 2.29. The molecule has 1 rings (SSSR count). The molecule has 0 aromatic rings. The normalized spacial score (nSPS) is 34.0. The van der Waals surface area contributed by atoms with E-state index in [4.69, 9.17) is 9.47 Å². The lowest BCUT2D eigenvalue weighted by Gasteiger charge is -2.35. The minimum Gasteiger partial charge on any atom is -0.508 e. The van der Waals surface area contributed by atoms with Crippen LogP contribution in [0.3, 0.4) is 0 Å². The van der Waals surface area contributed by atoms with Gasteiger partial charge in [0.15, 0.2) is 0 Å². The molecule has 4 nitrogen and oxygen atoms in total. The number of hydrogen-bond acceptors (Lipinski definition) is 4. The largest absolute Gasteiger partial charge is 0.508 e. The predicted molar refractivity (Wildman–Crippen MR) is 47.2 cm³/mol. The van der Waals surface area contributed by atoms with Crippen molar-refractivity contribution in [2.45, 2.75) is 18.8 Å². The molecule has 0 fully saturated rings. The van der Waals surface area contributed by atoms with Crippen molar-refractivity contribution in [1.29, 1.82) is 0 Å². The standard InChI is InChI=1S/C9H14O4/c1-6-4-7(10)5-8(12-2)9(6,11)13-3/h4-5,8,10-11H,1-3H3. The predicted octanol–water partition coefficient (Wildman–Crippen LogP) is 0.738. The maximum absolute atomic E-state index is 9.95. The topological polar surface area (TPSA) is 58.9 Å². The Balaban J connectivity index is 3.03. The van der Waals surface area contributed by atoms with Crippen LogP contribution in [-0.2, 0) is 9.47 Å². The molecule has 0 saturated carbocycles. The average Bonchev–Trinajstić information content (AvgIpc) is 2.11. The second-order valence-corrected chi connectivity index (χ2v) is 2.98. The molecule has 2 unspecified atom stereocenters. The van der Waals surface area contributed by atoms with Crippen LogP contribution in [0, 0.1) is 0 Å². The summed E-state index contributed by atoms with van der Waals surface area (Å²) in [5, 5.41) is 19.2. The van der Waals surface area contributed by atoms with Crippen LogP contribution in [0.4, 0.5) is 0 Å². The van der Waals surface area contributed by atoms with Gasteiger partial charge in [0, 0.05) is 14.2 Å². The highest BCUT2D eigenvalue weighted by molar-refractivity contribution is 5.31. The van der Waals surface area contributed by atoms with Crippen LogP contribution in [-0.4, -0.2) is 36.3 Å². The SMILES string of the molecule is COC1C=C(O)C=C(C)C1(O)OC. The fourth-order valence-electron chi connectivity index (χ4n) is 1.37. The van der Waals surface area contributed by atoms with Gasteiger partial charge in [0.1, 0.15) is 11.9 Å². The first-order chi connectivity index (χ1) is 6.04. The minimum atomic E-state index is -1.47. The highest BCUT2D eigenvalue weighted by Gasteiger charge is 2.40. The van der Waals surface area contributed by atoms with Gasteiger partial charge in [-0.25, -0.2) is 0 Å². The van der Waals surface area contributed by atoms with Gasteiger partial charge in [0.25, 0.3) is 0 Å². The van der Waals surface area contributed by atoms with Crippen molar-refractivity contribution in [3.05, 3.63) is 23.5 Å². The Morgan fingerprint density at radius 2 is 2.08 bits per heavy atom. The van der Waals surface area contributed by atoms with Crippen molar-refractivity contribution < 1.29 is 19.7 Å². The number of methoxy groups -OCH3 is 2. The average molecular weight is 186 g/mol. The van der Waals surface area contributed by atoms with Crippen molar-refractivity contribution in [3.63, 3.8) is 0 Å². The number of hydrogen-bond donors (Lipinski definition) is 2. The van der Waals surface area contributed by atoms with Crippen molar-refractivity contribution in [3.8, 4) is 0 Å². The third-order valence-corrected chi connectivity index (χ3v) is 2.20. The van der Waals surface area contributed by atoms with Gasteiger partial charge in [0.05, 0.1) is 0 Å². The molecule has 0 bridgehead atoms. The lowest BCUT2D eigenvalue weighted by Crippen LogP contribution is -2.47. The quantitative estimate of drug-likeness (QED) is 0.624. The molecule has 0 amide bonds. The zero-order chi connectivity index (χ0) is 10.1. The summed E-state index contributed by atoms with van der Waals surface area (Å²) in [4.78, 5) is 0. The van der Waals surface area contributed by atoms with Crippen molar-refractivity contribution in [2.24, 2.45) is 0 Å². The second kappa shape index (κ2) is 3.49. The molecule has 2 N–H and O–H groups in total. The van der Waals surface area contributed by atoms with Gasteiger partial charge in [-0.3, -0.25) is 0 Å². The highest BCUT2D eigenvalue weighted by atomic mass is 16.6. The van der Waals surface area contributed by atoms with E-state index in [0.717, 1.165) is 0 Å². The fourth-order valence-corrected chi connectivity index (χ4v) is 1.37. The van der Waals surface area contributed by atoms with E-state index in [1.165, 1.54) is 26.4 Å². The third-order valence-electron chi connectivity index (χ3n) is 2.20. The summed E-state index contributed by atoms with van der Waals surface area (Å²) >= 11 is 0. The lowest BCUT2D eigenvalue weighted by molar-refractivity contribution is -0.211. The molecule has 0 heterocycles. The summed E-state index contributed by atoms with van der Waals surface area (Å²) < 4.78 is 9.94. The van der Waals surface area contributed by atoms with Crippen LogP contribution in [0.1, 0.15) is 6.92 Å². The van der Waals surface area contributed by atoms with E-state index in [1.807, 2.05) is 0 Å². The van der Waals surface area contributed by atoms with Gasteiger partial charge < -0.3 is 19.7 Å². The molecular weight excluding hydrogens is 172 g/mol. The first kappa shape index (κ1) is 10.2. The monoisotopic (exact) mass is 186 g/mol. The third kappa shape index (κ3) is 1.60. The van der Waals surface area contributed by atoms with Crippen molar-refractivity contribution in [2.75, 3.05) is 14.2 Å². The van der Waals surface area contributed by atoms with E-state index in [0.29, 0.717) is 5.57 Å². The number of aliphatic hydroxyl groups is 2. The van der Waals surface area contributed by atoms with E-state index < -0.39 is 11.9 Å². The van der Waals surface area contributed by atoms with Gasteiger partial charge in [-0.05, 0) is 24.6 Å². The molecule has 0 radical (unpaired) electrons. The van der Waals surface area contributed by atoms with Gasteiger partial charge in [0.2, 0.25) is 5.79 Å². The molecule has 0 aliphatic heterocycles. The molecule has 13 heavy (non-hydrogen) atoms. The number of aliphatic hydroxyl groups excluding tert-OH is 1. The Kier molecular flexibility index (Phi) is 2.75. The zero-order valence-corrected chi connectivity index (χ0v) is 7.94. The molecule has 1 aliphatic carbocycles. The Labute approximate surface area is 77.1 Å². The summed E-state index contributed by atoms with van der Waals surface area (Å²) in [7, 11) is 2.83. The fraction of sp³-hybridized carbons (Fsp3) is 0.556. The van der Waals surface area contributed by atoms with E-state index in [-0.39, 0.29) is 5.76 Å². The van der Waals surface area contributed by atoms with Crippen LogP contribution in [0.15, 0.2) is 23.5 Å². The maximum atomic E-state index is 9.95. The van der Waals surface area contributed by atoms with E-state index >= 15 is 0 Å². The molecule has 0 aromatic carbocycles. The van der Waals surface area contributed by atoms with Crippen molar-refractivity contribution >= 4 is 0 Å². The summed E-state index contributed by atoms with van der Waals surface area (Å²) in [5.74, 6) is -1.40. The number of ether oxygens (including phenoxy) is 2. The summed E-state index contributed by atoms with van der Waals surface area (Å²) in [5.41, 5.74) is 0.516. The van der Waals surface area contributed by atoms with Crippen molar-refractivity contribution in [1.82, 2.24) is 0 Å². The lowest BCUT2D eigenvalue weighted by atomic mass is 9.95. The molecule has 1 aliphatic rings. The zero-order valence-electron chi connectivity index (χ0n) is 7.94. The molecule has 0 spiro atoms. The minimum absolute atomic E-state index is 0.0751. The summed E-state index contributed by atoms with van der Waals surface area (Å²) in [6.45, 7) is 1.67. The molecule has 2 atom stereocenters. The maximum Gasteiger partial charge on any atom is 0.219 e. The van der Waals surface area contributed by atoms with Crippen LogP contribution in [0.25, 0.3) is 0 Å². The summed E-state index contributed by atoms with van der Waals surface area (Å²) in [6.07, 6.45) is 2.16. The number of allylic oxidation sites excluding steroid dienone is 1. The Hall–Kier alpha value is -0.840. The van der Waals surface area contributed by atoms with Crippen LogP contribution < -0.4 is 0 Å². The van der Waals surface area contributed by atoms with E-state index in [9.17, 15) is 10.2 Å². The molecule has 0 aromatic heterocycles. The van der Waals surface area contributed by atoms with Gasteiger partial charge in [-0.1, -0.05) is 0 Å². The van der Waals surface area contributed by atoms with E-state index in [2.05, 4.69) is 0 Å². The summed E-state index contributed by atoms with van der Waals surface area (Å²) in [6, 6.07) is 0. The van der Waals surface area contributed by atoms with E-state index in [1.54, 1.807) is 6.92 Å². The number of rotatable bonds is 2. The molecule has 4 heteroatoms. The van der Waals surface area contributed by atoms with Crippen LogP contribution >= 0.6 is 0 Å². The Bertz CT molecular complexity index is 256. The smallest absolute Gasteiger partial charge is 0.219 e. The Morgan fingerprint density at radius 3 is 2.54 bits per heavy atom. The van der Waals surface area contributed by atoms with Gasteiger partial charge in [-0.2, -0.15) is 0 Å². The Morgan fingerprint density at radius 1 is 1.46 bits per heavy atom. The first-order valence-corrected chi connectivity index (χ1v) is 3.94. The molecule has 0 saturated heterocycles. The van der Waals surface area contributed by atoms with Crippen LogP contribution in [0.2, 0.25) is 0 Å². The molecular formula is C9H14O4. The second-order valence-electron chi connectivity index (χ2n) is 2.98. The van der Waals surface area contributed by atoms with Gasteiger partial charge in [-0.15, -0.1) is 0 Å².